The molecule has 4 bridgehead atoms. The zero-order valence-electron chi connectivity index (χ0n) is 12.4. The Balaban J connectivity index is 1.51. The van der Waals surface area contributed by atoms with E-state index in [0.29, 0.717) is 30.1 Å². The Labute approximate surface area is 130 Å². The summed E-state index contributed by atoms with van der Waals surface area (Å²) in [7, 11) is 0. The fourth-order valence-corrected chi connectivity index (χ4v) is 7.09. The molecular weight excluding hydrogens is 319 g/mol. The van der Waals surface area contributed by atoms with Crippen LogP contribution in [0.4, 0.5) is 22.0 Å². The third kappa shape index (κ3) is 1.57. The molecule has 0 aromatic rings. The van der Waals surface area contributed by atoms with Gasteiger partial charge in [0.05, 0.1) is 6.10 Å². The number of hydrogen-bond acceptors (Lipinski definition) is 2. The molecule has 1 N–H and O–H groups in total. The van der Waals surface area contributed by atoms with Gasteiger partial charge in [-0.3, -0.25) is 0 Å². The number of rotatable bonds is 0. The molecule has 1 saturated heterocycles. The van der Waals surface area contributed by atoms with Crippen molar-refractivity contribution in [2.24, 2.45) is 41.4 Å². The lowest BCUT2D eigenvalue weighted by atomic mass is 9.64. The fraction of sp³-hybridized carbons (Fsp3) is 1.00. The van der Waals surface area contributed by atoms with E-state index in [2.05, 4.69) is 0 Å². The molecule has 9 unspecified atom stereocenters. The Hall–Kier alpha value is -0.430. The molecule has 130 valence electrons. The number of fused-ring (bicyclic) bond motifs is 12. The minimum absolute atomic E-state index is 0.0500. The van der Waals surface area contributed by atoms with Gasteiger partial charge in [-0.15, -0.1) is 0 Å². The first-order valence-corrected chi connectivity index (χ1v) is 8.49. The topological polar surface area (TPSA) is 29.5 Å². The van der Waals surface area contributed by atoms with Crippen molar-refractivity contribution in [3.8, 4) is 0 Å². The second-order valence-corrected chi connectivity index (χ2v) is 8.35. The number of aliphatic hydroxyl groups is 1. The summed E-state index contributed by atoms with van der Waals surface area (Å²) in [5.74, 6) is -7.39. The molecule has 0 amide bonds. The average molecular weight is 338 g/mol. The Morgan fingerprint density at radius 3 is 2.13 bits per heavy atom. The molecule has 4 aliphatic carbocycles. The maximum Gasteiger partial charge on any atom is 0.449 e. The van der Waals surface area contributed by atoms with Gasteiger partial charge in [0.25, 0.3) is 0 Å². The first kappa shape index (κ1) is 14.9. The van der Waals surface area contributed by atoms with Crippen LogP contribution >= 0.6 is 0 Å². The van der Waals surface area contributed by atoms with Gasteiger partial charge in [0.15, 0.2) is 0 Å². The van der Waals surface area contributed by atoms with Crippen LogP contribution < -0.4 is 0 Å². The van der Waals surface area contributed by atoms with Crippen LogP contribution in [0.3, 0.4) is 0 Å². The number of alkyl halides is 5. The normalized spacial score (nSPS) is 59.2. The third-order valence-corrected chi connectivity index (χ3v) is 7.65. The Kier molecular flexibility index (Phi) is 2.61. The van der Waals surface area contributed by atoms with Crippen LogP contribution in [0.15, 0.2) is 0 Å². The van der Waals surface area contributed by atoms with Gasteiger partial charge in [-0.25, -0.2) is 8.78 Å². The van der Waals surface area contributed by atoms with E-state index in [0.717, 1.165) is 19.3 Å². The molecule has 5 fully saturated rings. The summed E-state index contributed by atoms with van der Waals surface area (Å²) >= 11 is 0. The van der Waals surface area contributed by atoms with E-state index in [-0.39, 0.29) is 11.8 Å². The van der Waals surface area contributed by atoms with Crippen LogP contribution in [0.25, 0.3) is 0 Å². The van der Waals surface area contributed by atoms with Crippen molar-refractivity contribution in [1.82, 2.24) is 0 Å². The molecular formula is C16H19F5O2. The molecule has 4 saturated carbocycles. The number of ether oxygens (including phenoxy) is 1. The highest BCUT2D eigenvalue weighted by Gasteiger charge is 2.78. The summed E-state index contributed by atoms with van der Waals surface area (Å²) in [4.78, 5) is 0. The Morgan fingerprint density at radius 2 is 1.52 bits per heavy atom. The summed E-state index contributed by atoms with van der Waals surface area (Å²) in [6, 6.07) is 0. The van der Waals surface area contributed by atoms with Crippen molar-refractivity contribution in [2.45, 2.75) is 56.1 Å². The van der Waals surface area contributed by atoms with E-state index in [1.807, 2.05) is 0 Å². The fourth-order valence-electron chi connectivity index (χ4n) is 7.09. The van der Waals surface area contributed by atoms with Gasteiger partial charge >= 0.3 is 17.9 Å². The smallest absolute Gasteiger partial charge is 0.354 e. The Bertz CT molecular complexity index is 549. The lowest BCUT2D eigenvalue weighted by Gasteiger charge is -2.51. The van der Waals surface area contributed by atoms with Crippen molar-refractivity contribution in [1.29, 1.82) is 0 Å². The van der Waals surface area contributed by atoms with Gasteiger partial charge in [-0.1, -0.05) is 0 Å². The molecule has 1 heterocycles. The maximum absolute atomic E-state index is 14.1. The van der Waals surface area contributed by atoms with Crippen LogP contribution in [0.2, 0.25) is 0 Å². The van der Waals surface area contributed by atoms with Crippen molar-refractivity contribution in [3.05, 3.63) is 0 Å². The standard InChI is InChI=1S/C16H19F5O2/c17-14(18)5-10-8-4-9(12-7-2-1-6(3-7)11(8)12)13(10)23-15(14,22)16(19,20)21/h6-13,22H,1-5H2. The van der Waals surface area contributed by atoms with Crippen LogP contribution in [0.5, 0.6) is 0 Å². The SMILES string of the molecule is OC1(C(F)(F)F)OC2C(CC1(F)F)C1CC2C2C3CCC(C3)C12. The first-order chi connectivity index (χ1) is 10.6. The van der Waals surface area contributed by atoms with E-state index < -0.39 is 36.3 Å². The van der Waals surface area contributed by atoms with E-state index >= 15 is 0 Å². The summed E-state index contributed by atoms with van der Waals surface area (Å²) in [5, 5.41) is 9.69. The monoisotopic (exact) mass is 338 g/mol. The molecule has 1 aliphatic heterocycles. The van der Waals surface area contributed by atoms with Crippen LogP contribution in [-0.4, -0.2) is 29.1 Å². The summed E-state index contributed by atoms with van der Waals surface area (Å²) in [6.07, 6.45) is -3.23. The highest BCUT2D eigenvalue weighted by Crippen LogP contribution is 2.72. The molecule has 0 spiro atoms. The average Bonchev–Trinajstić information content (AvgIpc) is 3.14. The summed E-state index contributed by atoms with van der Waals surface area (Å²) in [6.45, 7) is 0. The van der Waals surface area contributed by atoms with E-state index in [1.54, 1.807) is 0 Å². The van der Waals surface area contributed by atoms with Crippen LogP contribution in [-0.2, 0) is 4.74 Å². The van der Waals surface area contributed by atoms with Crippen molar-refractivity contribution in [2.75, 3.05) is 0 Å². The van der Waals surface area contributed by atoms with Gasteiger partial charge in [0, 0.05) is 6.42 Å². The Morgan fingerprint density at radius 1 is 0.913 bits per heavy atom. The van der Waals surface area contributed by atoms with Crippen molar-refractivity contribution in [3.63, 3.8) is 0 Å². The van der Waals surface area contributed by atoms with Crippen molar-refractivity contribution >= 4 is 0 Å². The van der Waals surface area contributed by atoms with Crippen LogP contribution in [0, 0.1) is 41.4 Å². The molecule has 9 atom stereocenters. The lowest BCUT2D eigenvalue weighted by molar-refractivity contribution is -0.464. The van der Waals surface area contributed by atoms with Crippen molar-refractivity contribution < 1.29 is 31.8 Å². The minimum atomic E-state index is -5.49. The second-order valence-electron chi connectivity index (χ2n) is 8.35. The van der Waals surface area contributed by atoms with E-state index in [1.165, 1.54) is 0 Å². The summed E-state index contributed by atoms with van der Waals surface area (Å²) < 4.78 is 72.4. The zero-order chi connectivity index (χ0) is 16.4. The van der Waals surface area contributed by atoms with Gasteiger partial charge < -0.3 is 9.84 Å². The van der Waals surface area contributed by atoms with Gasteiger partial charge in [0.1, 0.15) is 0 Å². The first-order valence-electron chi connectivity index (χ1n) is 8.49. The molecule has 0 aromatic heterocycles. The molecule has 23 heavy (non-hydrogen) atoms. The van der Waals surface area contributed by atoms with Gasteiger partial charge in [-0.05, 0) is 67.1 Å². The molecule has 0 radical (unpaired) electrons. The number of halogens is 5. The molecule has 5 aliphatic rings. The largest absolute Gasteiger partial charge is 0.449 e. The van der Waals surface area contributed by atoms with Gasteiger partial charge in [0.2, 0.25) is 0 Å². The molecule has 5 rings (SSSR count). The lowest BCUT2D eigenvalue weighted by Crippen LogP contribution is -2.67. The third-order valence-electron chi connectivity index (χ3n) is 7.65. The summed E-state index contributed by atoms with van der Waals surface area (Å²) in [5.41, 5.74) is 0. The highest BCUT2D eigenvalue weighted by molar-refractivity contribution is 5.17. The molecule has 7 heteroatoms. The quantitative estimate of drug-likeness (QED) is 0.540. The predicted molar refractivity (Wildman–Crippen MR) is 68.3 cm³/mol. The zero-order valence-corrected chi connectivity index (χ0v) is 12.4. The maximum atomic E-state index is 14.1. The predicted octanol–water partition coefficient (Wildman–Crippen LogP) is 3.59. The van der Waals surface area contributed by atoms with Crippen LogP contribution in [0.1, 0.15) is 32.1 Å². The highest BCUT2D eigenvalue weighted by atomic mass is 19.4. The number of hydrogen-bond donors (Lipinski definition) is 1. The van der Waals surface area contributed by atoms with Gasteiger partial charge in [-0.2, -0.15) is 13.2 Å². The second kappa shape index (κ2) is 4.03. The molecule has 0 aromatic carbocycles. The minimum Gasteiger partial charge on any atom is -0.354 e. The molecule has 2 nitrogen and oxygen atoms in total. The van der Waals surface area contributed by atoms with E-state index in [9.17, 15) is 27.1 Å². The van der Waals surface area contributed by atoms with E-state index in [4.69, 9.17) is 4.74 Å².